The third-order valence-electron chi connectivity index (χ3n) is 4.74. The summed E-state index contributed by atoms with van der Waals surface area (Å²) < 4.78 is 45.1. The summed E-state index contributed by atoms with van der Waals surface area (Å²) in [5, 5.41) is 4.28. The first-order chi connectivity index (χ1) is 14.8. The van der Waals surface area contributed by atoms with Crippen molar-refractivity contribution in [3.63, 3.8) is 0 Å². The molecule has 31 heavy (non-hydrogen) atoms. The largest absolute Gasteiger partial charge is 0.495 e. The monoisotopic (exact) mass is 440 g/mol. The lowest BCUT2D eigenvalue weighted by molar-refractivity contribution is -0.114. The molecule has 0 aliphatic heterocycles. The third kappa shape index (κ3) is 3.87. The fraction of sp³-hybridized carbons (Fsp3) is 0.136. The Kier molecular flexibility index (Phi) is 5.20. The van der Waals surface area contributed by atoms with Crippen molar-refractivity contribution in [1.82, 2.24) is 0 Å². The van der Waals surface area contributed by atoms with Gasteiger partial charge in [0.25, 0.3) is 10.0 Å². The highest BCUT2D eigenvalue weighted by Crippen LogP contribution is 2.37. The van der Waals surface area contributed by atoms with Crippen molar-refractivity contribution >= 4 is 49.2 Å². The smallest absolute Gasteiger partial charge is 0.262 e. The number of anilines is 2. The van der Waals surface area contributed by atoms with Gasteiger partial charge in [-0.25, -0.2) is 8.42 Å². The van der Waals surface area contributed by atoms with E-state index in [2.05, 4.69) is 10.0 Å². The van der Waals surface area contributed by atoms with Crippen LogP contribution in [0.15, 0.2) is 63.9 Å². The van der Waals surface area contributed by atoms with E-state index >= 15 is 0 Å². The van der Waals surface area contributed by atoms with Crippen LogP contribution in [0.3, 0.4) is 0 Å². The number of furan rings is 1. The average molecular weight is 440 g/mol. The number of hydrogen-bond donors (Lipinski definition) is 2. The SMILES string of the molecule is COc1ccc(S(=O)(=O)Nc2cc3oc4ccccc4c3cc2OC)cc1NC(C)=O. The molecule has 0 spiro atoms. The molecule has 0 aliphatic carbocycles. The minimum atomic E-state index is -4.01. The highest BCUT2D eigenvalue weighted by Gasteiger charge is 2.21. The minimum Gasteiger partial charge on any atom is -0.495 e. The Balaban J connectivity index is 1.77. The Bertz CT molecular complexity index is 1410. The minimum absolute atomic E-state index is 0.0520. The Hall–Kier alpha value is -3.72. The molecule has 0 radical (unpaired) electrons. The molecule has 0 atom stereocenters. The standard InChI is InChI=1S/C22H20N2O6S/c1-13(25)23-17-10-14(8-9-20(17)28-2)31(26,27)24-18-12-21-16(11-22(18)29-3)15-6-4-5-7-19(15)30-21/h4-12,24H,1-3H3,(H,23,25). The van der Waals surface area contributed by atoms with Gasteiger partial charge in [-0.3, -0.25) is 9.52 Å². The lowest BCUT2D eigenvalue weighted by Crippen LogP contribution is -2.15. The van der Waals surface area contributed by atoms with E-state index in [1.54, 1.807) is 12.1 Å². The molecule has 4 rings (SSSR count). The lowest BCUT2D eigenvalue weighted by Gasteiger charge is -2.14. The molecule has 160 valence electrons. The number of methoxy groups -OCH3 is 2. The van der Waals surface area contributed by atoms with Crippen molar-refractivity contribution in [1.29, 1.82) is 0 Å². The summed E-state index contributed by atoms with van der Waals surface area (Å²) in [6.45, 7) is 1.33. The van der Waals surface area contributed by atoms with Crippen LogP contribution >= 0.6 is 0 Å². The molecule has 0 unspecified atom stereocenters. The third-order valence-corrected chi connectivity index (χ3v) is 6.10. The average Bonchev–Trinajstić information content (AvgIpc) is 3.09. The normalized spacial score (nSPS) is 11.5. The van der Waals surface area contributed by atoms with E-state index in [-0.39, 0.29) is 22.2 Å². The predicted octanol–water partition coefficient (Wildman–Crippen LogP) is 4.36. The summed E-state index contributed by atoms with van der Waals surface area (Å²) >= 11 is 0. The van der Waals surface area contributed by atoms with Gasteiger partial charge in [-0.15, -0.1) is 0 Å². The van der Waals surface area contributed by atoms with Crippen molar-refractivity contribution in [3.8, 4) is 11.5 Å². The molecule has 3 aromatic carbocycles. The number of carbonyl (C=O) groups is 1. The van der Waals surface area contributed by atoms with E-state index in [1.165, 1.54) is 39.3 Å². The number of hydrogen-bond acceptors (Lipinski definition) is 6. The second kappa shape index (κ2) is 7.84. The van der Waals surface area contributed by atoms with Crippen molar-refractivity contribution in [3.05, 3.63) is 54.6 Å². The summed E-state index contributed by atoms with van der Waals surface area (Å²) in [4.78, 5) is 11.4. The topological polar surface area (TPSA) is 107 Å². The second-order valence-corrected chi connectivity index (χ2v) is 8.48. The number of para-hydroxylation sites is 1. The van der Waals surface area contributed by atoms with Gasteiger partial charge in [0.1, 0.15) is 22.7 Å². The van der Waals surface area contributed by atoms with Gasteiger partial charge in [0, 0.05) is 23.8 Å². The number of ether oxygens (including phenoxy) is 2. The van der Waals surface area contributed by atoms with Crippen LogP contribution in [0.2, 0.25) is 0 Å². The molecular formula is C22H20N2O6S. The van der Waals surface area contributed by atoms with Crippen LogP contribution in [-0.2, 0) is 14.8 Å². The summed E-state index contributed by atoms with van der Waals surface area (Å²) in [5.41, 5.74) is 1.69. The van der Waals surface area contributed by atoms with Crippen LogP contribution in [0.5, 0.6) is 11.5 Å². The first kappa shape index (κ1) is 20.5. The van der Waals surface area contributed by atoms with E-state index in [9.17, 15) is 13.2 Å². The molecular weight excluding hydrogens is 420 g/mol. The number of carbonyl (C=O) groups excluding carboxylic acids is 1. The summed E-state index contributed by atoms with van der Waals surface area (Å²) in [6, 6.07) is 15.0. The van der Waals surface area contributed by atoms with Crippen molar-refractivity contribution in [2.24, 2.45) is 0 Å². The maximum absolute atomic E-state index is 13.1. The van der Waals surface area contributed by atoms with Gasteiger partial charge >= 0.3 is 0 Å². The predicted molar refractivity (Wildman–Crippen MR) is 118 cm³/mol. The molecule has 0 aliphatic rings. The summed E-state index contributed by atoms with van der Waals surface area (Å²) in [5.74, 6) is 0.339. The van der Waals surface area contributed by atoms with Gasteiger partial charge < -0.3 is 19.2 Å². The maximum atomic E-state index is 13.1. The molecule has 0 fully saturated rings. The highest BCUT2D eigenvalue weighted by atomic mass is 32.2. The number of nitrogens with one attached hydrogen (secondary N) is 2. The summed E-state index contributed by atoms with van der Waals surface area (Å²) in [7, 11) is -1.11. The molecule has 0 saturated heterocycles. The Morgan fingerprint density at radius 1 is 0.871 bits per heavy atom. The number of benzene rings is 3. The van der Waals surface area contributed by atoms with Gasteiger partial charge in [-0.05, 0) is 30.3 Å². The van der Waals surface area contributed by atoms with Gasteiger partial charge in [-0.1, -0.05) is 18.2 Å². The molecule has 9 heteroatoms. The van der Waals surface area contributed by atoms with Gasteiger partial charge in [0.2, 0.25) is 5.91 Å². The van der Waals surface area contributed by atoms with Crippen LogP contribution < -0.4 is 19.5 Å². The van der Waals surface area contributed by atoms with Crippen LogP contribution in [0.4, 0.5) is 11.4 Å². The maximum Gasteiger partial charge on any atom is 0.262 e. The Labute approximate surface area is 178 Å². The fourth-order valence-electron chi connectivity index (χ4n) is 3.35. The quantitative estimate of drug-likeness (QED) is 0.461. The second-order valence-electron chi connectivity index (χ2n) is 6.80. The zero-order valence-electron chi connectivity index (χ0n) is 17.1. The van der Waals surface area contributed by atoms with Crippen molar-refractivity contribution in [2.75, 3.05) is 24.3 Å². The van der Waals surface area contributed by atoms with E-state index in [0.29, 0.717) is 22.7 Å². The van der Waals surface area contributed by atoms with Gasteiger partial charge in [-0.2, -0.15) is 0 Å². The number of sulfonamides is 1. The first-order valence-corrected chi connectivity index (χ1v) is 10.8. The van der Waals surface area contributed by atoms with Gasteiger partial charge in [0.15, 0.2) is 0 Å². The van der Waals surface area contributed by atoms with Gasteiger partial charge in [0.05, 0.1) is 30.5 Å². The van der Waals surface area contributed by atoms with Crippen LogP contribution in [-0.4, -0.2) is 28.5 Å². The molecule has 1 heterocycles. The molecule has 2 N–H and O–H groups in total. The van der Waals surface area contributed by atoms with Crippen molar-refractivity contribution in [2.45, 2.75) is 11.8 Å². The van der Waals surface area contributed by atoms with Crippen LogP contribution in [0, 0.1) is 0 Å². The van der Waals surface area contributed by atoms with E-state index in [1.807, 2.05) is 24.3 Å². The zero-order valence-corrected chi connectivity index (χ0v) is 17.9. The van der Waals surface area contributed by atoms with E-state index in [4.69, 9.17) is 13.9 Å². The zero-order chi connectivity index (χ0) is 22.2. The fourth-order valence-corrected chi connectivity index (χ4v) is 4.43. The van der Waals surface area contributed by atoms with Crippen LogP contribution in [0.1, 0.15) is 6.92 Å². The highest BCUT2D eigenvalue weighted by molar-refractivity contribution is 7.92. The Morgan fingerprint density at radius 2 is 1.61 bits per heavy atom. The van der Waals surface area contributed by atoms with Crippen LogP contribution in [0.25, 0.3) is 21.9 Å². The van der Waals surface area contributed by atoms with E-state index < -0.39 is 10.0 Å². The number of amides is 1. The van der Waals surface area contributed by atoms with Crippen molar-refractivity contribution < 1.29 is 27.1 Å². The van der Waals surface area contributed by atoms with E-state index in [0.717, 1.165) is 10.8 Å². The summed E-state index contributed by atoms with van der Waals surface area (Å²) in [6.07, 6.45) is 0. The molecule has 8 nitrogen and oxygen atoms in total. The molecule has 1 amide bonds. The number of fused-ring (bicyclic) bond motifs is 3. The molecule has 4 aromatic rings. The Morgan fingerprint density at radius 3 is 2.32 bits per heavy atom. The molecule has 0 saturated carbocycles. The lowest BCUT2D eigenvalue weighted by atomic mass is 10.1. The first-order valence-electron chi connectivity index (χ1n) is 9.30. The molecule has 0 bridgehead atoms. The molecule has 1 aromatic heterocycles. The number of rotatable bonds is 6.